The van der Waals surface area contributed by atoms with E-state index in [1.807, 2.05) is 0 Å². The van der Waals surface area contributed by atoms with Crippen LogP contribution in [0.1, 0.15) is 58.3 Å². The average molecular weight is 252 g/mol. The number of nitrogens with zero attached hydrogens (tertiary/aromatic N) is 1. The number of rotatable bonds is 7. The Bertz CT molecular complexity index is 255. The van der Waals surface area contributed by atoms with E-state index in [-0.39, 0.29) is 0 Å². The van der Waals surface area contributed by atoms with Crippen molar-refractivity contribution in [3.05, 3.63) is 0 Å². The SMILES string of the molecule is CCCCCCNC1CCN(C(=O)C2CC2)CC1. The Morgan fingerprint density at radius 2 is 1.83 bits per heavy atom. The Morgan fingerprint density at radius 3 is 2.44 bits per heavy atom. The molecule has 1 N–H and O–H groups in total. The van der Waals surface area contributed by atoms with Gasteiger partial charge in [-0.2, -0.15) is 0 Å². The average Bonchev–Trinajstić information content (AvgIpc) is 3.23. The number of amides is 1. The van der Waals surface area contributed by atoms with Gasteiger partial charge in [-0.15, -0.1) is 0 Å². The molecule has 3 heteroatoms. The molecule has 1 amide bonds. The van der Waals surface area contributed by atoms with Crippen molar-refractivity contribution in [2.75, 3.05) is 19.6 Å². The lowest BCUT2D eigenvalue weighted by Gasteiger charge is -2.32. The second kappa shape index (κ2) is 7.13. The minimum Gasteiger partial charge on any atom is -0.342 e. The predicted octanol–water partition coefficient (Wildman–Crippen LogP) is 2.56. The highest BCUT2D eigenvalue weighted by molar-refractivity contribution is 5.81. The summed E-state index contributed by atoms with van der Waals surface area (Å²) in [6.45, 7) is 5.35. The maximum absolute atomic E-state index is 11.9. The molecule has 0 aromatic carbocycles. The molecule has 1 aliphatic carbocycles. The Labute approximate surface area is 111 Å². The molecule has 1 saturated heterocycles. The van der Waals surface area contributed by atoms with Crippen LogP contribution in [0.25, 0.3) is 0 Å². The highest BCUT2D eigenvalue weighted by Gasteiger charge is 2.34. The third-order valence-electron chi connectivity index (χ3n) is 4.20. The van der Waals surface area contributed by atoms with Crippen LogP contribution in [0.3, 0.4) is 0 Å². The molecule has 2 fully saturated rings. The molecule has 0 bridgehead atoms. The van der Waals surface area contributed by atoms with Gasteiger partial charge < -0.3 is 10.2 Å². The highest BCUT2D eigenvalue weighted by Crippen LogP contribution is 2.31. The van der Waals surface area contributed by atoms with Gasteiger partial charge in [-0.1, -0.05) is 26.2 Å². The van der Waals surface area contributed by atoms with Crippen molar-refractivity contribution in [1.82, 2.24) is 10.2 Å². The summed E-state index contributed by atoms with van der Waals surface area (Å²) in [5.74, 6) is 0.819. The first-order chi connectivity index (χ1) is 8.81. The molecule has 2 rings (SSSR count). The zero-order valence-corrected chi connectivity index (χ0v) is 11.8. The standard InChI is InChI=1S/C15H28N2O/c1-2-3-4-5-10-16-14-8-11-17(12-9-14)15(18)13-6-7-13/h13-14,16H,2-12H2,1H3. The fourth-order valence-electron chi connectivity index (χ4n) is 2.75. The van der Waals surface area contributed by atoms with E-state index in [1.165, 1.54) is 25.7 Å². The number of carbonyl (C=O) groups excluding carboxylic acids is 1. The number of nitrogens with one attached hydrogen (secondary N) is 1. The summed E-state index contributed by atoms with van der Waals surface area (Å²) in [6, 6.07) is 0.648. The van der Waals surface area contributed by atoms with E-state index < -0.39 is 0 Å². The van der Waals surface area contributed by atoms with Crippen LogP contribution in [0.4, 0.5) is 0 Å². The number of piperidine rings is 1. The minimum atomic E-state index is 0.392. The largest absolute Gasteiger partial charge is 0.342 e. The summed E-state index contributed by atoms with van der Waals surface area (Å²) in [5.41, 5.74) is 0. The second-order valence-corrected chi connectivity index (χ2v) is 5.89. The minimum absolute atomic E-state index is 0.392. The summed E-state index contributed by atoms with van der Waals surface area (Å²) in [7, 11) is 0. The molecule has 3 nitrogen and oxygen atoms in total. The molecule has 18 heavy (non-hydrogen) atoms. The molecule has 1 saturated carbocycles. The predicted molar refractivity (Wildman–Crippen MR) is 74.5 cm³/mol. The van der Waals surface area contributed by atoms with E-state index in [9.17, 15) is 4.79 Å². The van der Waals surface area contributed by atoms with Gasteiger partial charge in [-0.25, -0.2) is 0 Å². The van der Waals surface area contributed by atoms with Gasteiger partial charge in [-0.05, 0) is 38.6 Å². The Balaban J connectivity index is 1.54. The number of unbranched alkanes of at least 4 members (excludes halogenated alkanes) is 3. The molecule has 0 unspecified atom stereocenters. The molecule has 0 spiro atoms. The first-order valence-electron chi connectivity index (χ1n) is 7.83. The third-order valence-corrected chi connectivity index (χ3v) is 4.20. The van der Waals surface area contributed by atoms with Gasteiger partial charge in [0.15, 0.2) is 0 Å². The Kier molecular flexibility index (Phi) is 5.48. The van der Waals surface area contributed by atoms with E-state index in [2.05, 4.69) is 17.1 Å². The maximum atomic E-state index is 11.9. The summed E-state index contributed by atoms with van der Waals surface area (Å²) < 4.78 is 0. The van der Waals surface area contributed by atoms with Crippen molar-refractivity contribution < 1.29 is 4.79 Å². The van der Waals surface area contributed by atoms with E-state index in [0.29, 0.717) is 17.9 Å². The number of hydrogen-bond donors (Lipinski definition) is 1. The fourth-order valence-corrected chi connectivity index (χ4v) is 2.75. The van der Waals surface area contributed by atoms with E-state index in [0.717, 1.165) is 45.3 Å². The zero-order chi connectivity index (χ0) is 12.8. The van der Waals surface area contributed by atoms with Crippen molar-refractivity contribution in [3.63, 3.8) is 0 Å². The van der Waals surface area contributed by atoms with E-state index in [1.54, 1.807) is 0 Å². The van der Waals surface area contributed by atoms with Gasteiger partial charge in [0.2, 0.25) is 5.91 Å². The Hall–Kier alpha value is -0.570. The summed E-state index contributed by atoms with van der Waals surface area (Å²) in [5, 5.41) is 3.65. The Morgan fingerprint density at radius 1 is 1.11 bits per heavy atom. The van der Waals surface area contributed by atoms with Crippen LogP contribution >= 0.6 is 0 Å². The van der Waals surface area contributed by atoms with Crippen molar-refractivity contribution in [3.8, 4) is 0 Å². The van der Waals surface area contributed by atoms with Crippen LogP contribution in [0.2, 0.25) is 0 Å². The van der Waals surface area contributed by atoms with Crippen LogP contribution in [-0.4, -0.2) is 36.5 Å². The molecule has 0 aromatic rings. The second-order valence-electron chi connectivity index (χ2n) is 5.89. The summed E-state index contributed by atoms with van der Waals surface area (Å²) >= 11 is 0. The normalized spacial score (nSPS) is 21.3. The van der Waals surface area contributed by atoms with Gasteiger partial charge in [0, 0.05) is 25.0 Å². The van der Waals surface area contributed by atoms with E-state index >= 15 is 0 Å². The lowest BCUT2D eigenvalue weighted by molar-refractivity contribution is -0.133. The van der Waals surface area contributed by atoms with Crippen LogP contribution < -0.4 is 5.32 Å². The van der Waals surface area contributed by atoms with Crippen molar-refractivity contribution in [2.45, 2.75) is 64.3 Å². The van der Waals surface area contributed by atoms with Crippen LogP contribution in [0.15, 0.2) is 0 Å². The summed E-state index contributed by atoms with van der Waals surface area (Å²) in [6.07, 6.45) is 9.87. The van der Waals surface area contributed by atoms with E-state index in [4.69, 9.17) is 0 Å². The molecule has 104 valence electrons. The van der Waals surface area contributed by atoms with Gasteiger partial charge in [0.05, 0.1) is 0 Å². The molecule has 0 radical (unpaired) electrons. The van der Waals surface area contributed by atoms with Crippen LogP contribution in [0, 0.1) is 5.92 Å². The summed E-state index contributed by atoms with van der Waals surface area (Å²) in [4.78, 5) is 14.0. The molecular weight excluding hydrogens is 224 g/mol. The quantitative estimate of drug-likeness (QED) is 0.706. The zero-order valence-electron chi connectivity index (χ0n) is 11.8. The fraction of sp³-hybridized carbons (Fsp3) is 0.933. The van der Waals surface area contributed by atoms with Crippen molar-refractivity contribution in [1.29, 1.82) is 0 Å². The van der Waals surface area contributed by atoms with Crippen molar-refractivity contribution in [2.24, 2.45) is 5.92 Å². The smallest absolute Gasteiger partial charge is 0.225 e. The lowest BCUT2D eigenvalue weighted by atomic mass is 10.0. The van der Waals surface area contributed by atoms with Gasteiger partial charge in [0.1, 0.15) is 0 Å². The number of carbonyl (C=O) groups is 1. The monoisotopic (exact) mass is 252 g/mol. The number of hydrogen-bond acceptors (Lipinski definition) is 2. The molecule has 2 aliphatic rings. The topological polar surface area (TPSA) is 32.3 Å². The number of likely N-dealkylation sites (tertiary alicyclic amines) is 1. The van der Waals surface area contributed by atoms with Gasteiger partial charge >= 0.3 is 0 Å². The maximum Gasteiger partial charge on any atom is 0.225 e. The molecule has 0 aromatic heterocycles. The molecule has 0 atom stereocenters. The van der Waals surface area contributed by atoms with Crippen molar-refractivity contribution >= 4 is 5.91 Å². The molecule has 1 heterocycles. The molecule has 1 aliphatic heterocycles. The first kappa shape index (κ1) is 13.9. The van der Waals surface area contributed by atoms with Crippen LogP contribution in [-0.2, 0) is 4.79 Å². The molecular formula is C15H28N2O. The van der Waals surface area contributed by atoms with Gasteiger partial charge in [-0.3, -0.25) is 4.79 Å². The highest BCUT2D eigenvalue weighted by atomic mass is 16.2. The van der Waals surface area contributed by atoms with Crippen LogP contribution in [0.5, 0.6) is 0 Å². The first-order valence-corrected chi connectivity index (χ1v) is 7.83. The van der Waals surface area contributed by atoms with Gasteiger partial charge in [0.25, 0.3) is 0 Å². The lowest BCUT2D eigenvalue weighted by Crippen LogP contribution is -2.45. The third kappa shape index (κ3) is 4.27.